The lowest BCUT2D eigenvalue weighted by molar-refractivity contribution is 0.185. The molecule has 1 aliphatic heterocycles. The van der Waals surface area contributed by atoms with Gasteiger partial charge in [-0.2, -0.15) is 0 Å². The van der Waals surface area contributed by atoms with E-state index in [-0.39, 0.29) is 12.1 Å². The summed E-state index contributed by atoms with van der Waals surface area (Å²) >= 11 is 0. The van der Waals surface area contributed by atoms with Gasteiger partial charge in [-0.25, -0.2) is 4.79 Å². The summed E-state index contributed by atoms with van der Waals surface area (Å²) in [6.07, 6.45) is 2.63. The molecule has 0 unspecified atom stereocenters. The number of ether oxygens (including phenoxy) is 1. The minimum Gasteiger partial charge on any atom is -0.381 e. The molecule has 2 N–H and O–H groups in total. The van der Waals surface area contributed by atoms with Crippen LogP contribution >= 0.6 is 0 Å². The predicted molar refractivity (Wildman–Crippen MR) is 64.9 cm³/mol. The minimum atomic E-state index is -0.183. The number of aryl methyl sites for hydroxylation is 1. The largest absolute Gasteiger partial charge is 0.381 e. The summed E-state index contributed by atoms with van der Waals surface area (Å²) in [5.74, 6) is 1.16. The Morgan fingerprint density at radius 2 is 2.56 bits per heavy atom. The highest BCUT2D eigenvalue weighted by atomic mass is 16.5. The third kappa shape index (κ3) is 3.19. The molecule has 0 aliphatic carbocycles. The lowest BCUT2D eigenvalue weighted by Crippen LogP contribution is -2.40. The fourth-order valence-electron chi connectivity index (χ4n) is 1.98. The highest BCUT2D eigenvalue weighted by molar-refractivity contribution is 5.74. The Kier molecular flexibility index (Phi) is 4.14. The van der Waals surface area contributed by atoms with Gasteiger partial charge in [0.2, 0.25) is 0 Å². The molecule has 1 aromatic heterocycles. The molecule has 7 heteroatoms. The van der Waals surface area contributed by atoms with Crippen molar-refractivity contribution in [2.75, 3.05) is 19.8 Å². The Bertz CT molecular complexity index is 400. The maximum Gasteiger partial charge on any atom is 0.315 e. The maximum absolute atomic E-state index is 11.7. The Morgan fingerprint density at radius 3 is 3.17 bits per heavy atom. The van der Waals surface area contributed by atoms with Crippen molar-refractivity contribution in [3.8, 4) is 0 Å². The number of nitrogens with zero attached hydrogens (tertiary/aromatic N) is 3. The molecule has 0 spiro atoms. The zero-order chi connectivity index (χ0) is 13.0. The second-order valence-electron chi connectivity index (χ2n) is 4.61. The molecule has 18 heavy (non-hydrogen) atoms. The summed E-state index contributed by atoms with van der Waals surface area (Å²) in [6.45, 7) is 4.06. The Labute approximate surface area is 106 Å². The van der Waals surface area contributed by atoms with Crippen LogP contribution in [-0.2, 0) is 11.8 Å². The molecule has 1 aromatic rings. The SMILES string of the molecule is C[C@@H](NC(=O)NC[C@@H]1CCOC1)c1nncn1C. The van der Waals surface area contributed by atoms with E-state index in [1.165, 1.54) is 0 Å². The number of urea groups is 1. The van der Waals surface area contributed by atoms with Crippen LogP contribution in [0.4, 0.5) is 4.79 Å². The molecule has 0 saturated carbocycles. The second-order valence-corrected chi connectivity index (χ2v) is 4.61. The van der Waals surface area contributed by atoms with Crippen molar-refractivity contribution in [2.24, 2.45) is 13.0 Å². The molecule has 2 amide bonds. The lowest BCUT2D eigenvalue weighted by atomic mass is 10.1. The van der Waals surface area contributed by atoms with Crippen LogP contribution in [0.3, 0.4) is 0 Å². The number of nitrogens with one attached hydrogen (secondary N) is 2. The standard InChI is InChI=1S/C11H19N5O2/c1-8(10-15-13-7-16(10)2)14-11(17)12-5-9-3-4-18-6-9/h7-9H,3-6H2,1-2H3,(H2,12,14,17)/t8-,9+/m1/s1. The first-order valence-corrected chi connectivity index (χ1v) is 6.13. The van der Waals surface area contributed by atoms with Crippen molar-refractivity contribution in [3.05, 3.63) is 12.2 Å². The number of hydrogen-bond donors (Lipinski definition) is 2. The number of amides is 2. The first-order valence-electron chi connectivity index (χ1n) is 6.13. The molecule has 2 heterocycles. The van der Waals surface area contributed by atoms with Gasteiger partial charge in [-0.3, -0.25) is 0 Å². The van der Waals surface area contributed by atoms with E-state index in [1.54, 1.807) is 10.9 Å². The number of aromatic nitrogens is 3. The summed E-state index contributed by atoms with van der Waals surface area (Å²) in [7, 11) is 1.85. The average Bonchev–Trinajstić information content (AvgIpc) is 2.97. The van der Waals surface area contributed by atoms with Crippen LogP contribution < -0.4 is 10.6 Å². The lowest BCUT2D eigenvalue weighted by Gasteiger charge is -2.15. The predicted octanol–water partition coefficient (Wildman–Crippen LogP) is 0.212. The number of rotatable bonds is 4. The Hall–Kier alpha value is -1.63. The van der Waals surface area contributed by atoms with Gasteiger partial charge < -0.3 is 19.9 Å². The normalized spacial score (nSPS) is 20.7. The van der Waals surface area contributed by atoms with Gasteiger partial charge in [0.25, 0.3) is 0 Å². The Morgan fingerprint density at radius 1 is 1.72 bits per heavy atom. The van der Waals surface area contributed by atoms with Crippen molar-refractivity contribution in [1.82, 2.24) is 25.4 Å². The Balaban J connectivity index is 1.75. The number of carbonyl (C=O) groups is 1. The second kappa shape index (κ2) is 5.81. The van der Waals surface area contributed by atoms with Crippen LogP contribution in [0.2, 0.25) is 0 Å². The van der Waals surface area contributed by atoms with E-state index in [1.807, 2.05) is 14.0 Å². The highest BCUT2D eigenvalue weighted by Gasteiger charge is 2.18. The van der Waals surface area contributed by atoms with Gasteiger partial charge >= 0.3 is 6.03 Å². The van der Waals surface area contributed by atoms with E-state index < -0.39 is 0 Å². The summed E-state index contributed by atoms with van der Waals surface area (Å²) in [5, 5.41) is 13.4. The molecule has 1 aliphatic rings. The molecule has 7 nitrogen and oxygen atoms in total. The van der Waals surface area contributed by atoms with Crippen molar-refractivity contribution in [3.63, 3.8) is 0 Å². The van der Waals surface area contributed by atoms with Gasteiger partial charge in [0.05, 0.1) is 12.6 Å². The zero-order valence-electron chi connectivity index (χ0n) is 10.7. The number of hydrogen-bond acceptors (Lipinski definition) is 4. The minimum absolute atomic E-state index is 0.169. The van der Waals surface area contributed by atoms with Gasteiger partial charge in [-0.05, 0) is 13.3 Å². The fraction of sp³-hybridized carbons (Fsp3) is 0.727. The van der Waals surface area contributed by atoms with Gasteiger partial charge in [0.15, 0.2) is 5.82 Å². The highest BCUT2D eigenvalue weighted by Crippen LogP contribution is 2.11. The van der Waals surface area contributed by atoms with Crippen molar-refractivity contribution >= 4 is 6.03 Å². The van der Waals surface area contributed by atoms with E-state index in [2.05, 4.69) is 20.8 Å². The van der Waals surface area contributed by atoms with E-state index in [9.17, 15) is 4.79 Å². The average molecular weight is 253 g/mol. The molecule has 1 fully saturated rings. The van der Waals surface area contributed by atoms with Crippen molar-refractivity contribution in [2.45, 2.75) is 19.4 Å². The molecule has 1 saturated heterocycles. The van der Waals surface area contributed by atoms with Crippen LogP contribution in [0.15, 0.2) is 6.33 Å². The molecule has 0 radical (unpaired) electrons. The third-order valence-corrected chi connectivity index (χ3v) is 3.06. The van der Waals surface area contributed by atoms with Gasteiger partial charge in [0.1, 0.15) is 6.33 Å². The molecular weight excluding hydrogens is 234 g/mol. The van der Waals surface area contributed by atoms with Crippen LogP contribution in [-0.4, -0.2) is 40.6 Å². The fourth-order valence-corrected chi connectivity index (χ4v) is 1.98. The molecular formula is C11H19N5O2. The van der Waals surface area contributed by atoms with Crippen LogP contribution in [0, 0.1) is 5.92 Å². The molecule has 0 bridgehead atoms. The summed E-state index contributed by atoms with van der Waals surface area (Å²) in [5.41, 5.74) is 0. The van der Waals surface area contributed by atoms with Crippen LogP contribution in [0.25, 0.3) is 0 Å². The summed E-state index contributed by atoms with van der Waals surface area (Å²) in [6, 6.07) is -0.352. The molecule has 2 atom stereocenters. The van der Waals surface area contributed by atoms with Crippen LogP contribution in [0.5, 0.6) is 0 Å². The third-order valence-electron chi connectivity index (χ3n) is 3.06. The van der Waals surface area contributed by atoms with E-state index in [0.29, 0.717) is 12.5 Å². The van der Waals surface area contributed by atoms with Gasteiger partial charge in [0, 0.05) is 26.1 Å². The molecule has 2 rings (SSSR count). The van der Waals surface area contributed by atoms with Crippen LogP contribution in [0.1, 0.15) is 25.2 Å². The molecule has 100 valence electrons. The van der Waals surface area contributed by atoms with E-state index in [4.69, 9.17) is 4.74 Å². The first-order chi connectivity index (χ1) is 8.66. The molecule has 0 aromatic carbocycles. The number of carbonyl (C=O) groups excluding carboxylic acids is 1. The summed E-state index contributed by atoms with van der Waals surface area (Å²) < 4.78 is 7.04. The summed E-state index contributed by atoms with van der Waals surface area (Å²) in [4.78, 5) is 11.7. The van der Waals surface area contributed by atoms with E-state index >= 15 is 0 Å². The quantitative estimate of drug-likeness (QED) is 0.804. The van der Waals surface area contributed by atoms with E-state index in [0.717, 1.165) is 25.5 Å². The zero-order valence-corrected chi connectivity index (χ0v) is 10.7. The monoisotopic (exact) mass is 253 g/mol. The van der Waals surface area contributed by atoms with Crippen molar-refractivity contribution < 1.29 is 9.53 Å². The smallest absolute Gasteiger partial charge is 0.315 e. The van der Waals surface area contributed by atoms with Gasteiger partial charge in [-0.1, -0.05) is 0 Å². The first kappa shape index (κ1) is 12.8. The van der Waals surface area contributed by atoms with Gasteiger partial charge in [-0.15, -0.1) is 10.2 Å². The maximum atomic E-state index is 11.7. The van der Waals surface area contributed by atoms with Crippen molar-refractivity contribution in [1.29, 1.82) is 0 Å². The topological polar surface area (TPSA) is 81.1 Å².